The minimum absolute atomic E-state index is 0.0267. The summed E-state index contributed by atoms with van der Waals surface area (Å²) in [6.07, 6.45) is 0.117. The summed E-state index contributed by atoms with van der Waals surface area (Å²) in [5.74, 6) is -1.25. The maximum absolute atomic E-state index is 14.1. The normalized spacial score (nSPS) is 19.3. The summed E-state index contributed by atoms with van der Waals surface area (Å²) in [4.78, 5) is 13.8. The van der Waals surface area contributed by atoms with Crippen molar-refractivity contribution < 1.29 is 26.7 Å². The van der Waals surface area contributed by atoms with Gasteiger partial charge >= 0.3 is 0 Å². The third kappa shape index (κ3) is 4.63. The molecule has 8 heteroatoms. The van der Waals surface area contributed by atoms with Crippen molar-refractivity contribution in [1.82, 2.24) is 4.90 Å². The highest BCUT2D eigenvalue weighted by Gasteiger charge is 2.34. The number of nitrogens with zero attached hydrogens (tertiary/aromatic N) is 1. The van der Waals surface area contributed by atoms with E-state index in [1.807, 2.05) is 0 Å². The van der Waals surface area contributed by atoms with Crippen LogP contribution in [0.25, 0.3) is 0 Å². The number of rotatable bonds is 4. The molecule has 1 atom stereocenters. The zero-order valence-electron chi connectivity index (χ0n) is 14.5. The van der Waals surface area contributed by atoms with Crippen molar-refractivity contribution in [2.45, 2.75) is 11.7 Å². The number of ether oxygens (including phenoxy) is 1. The third-order valence-corrected chi connectivity index (χ3v) is 6.63. The topological polar surface area (TPSA) is 63.7 Å². The number of hydrogen-bond donors (Lipinski definition) is 0. The molecule has 0 saturated carbocycles. The lowest BCUT2D eigenvalue weighted by molar-refractivity contribution is -0.133. The number of carbonyl (C=O) groups is 1. The monoisotopic (exact) mass is 395 g/mol. The van der Waals surface area contributed by atoms with Crippen LogP contribution in [-0.4, -0.2) is 44.7 Å². The van der Waals surface area contributed by atoms with Gasteiger partial charge in [-0.1, -0.05) is 18.2 Å². The van der Waals surface area contributed by atoms with Crippen LogP contribution in [0.1, 0.15) is 17.2 Å². The first-order valence-corrected chi connectivity index (χ1v) is 10.2. The van der Waals surface area contributed by atoms with Gasteiger partial charge in [0.05, 0.1) is 11.0 Å². The Morgan fingerprint density at radius 3 is 2.48 bits per heavy atom. The highest BCUT2D eigenvalue weighted by molar-refractivity contribution is 7.91. The Kier molecular flexibility index (Phi) is 5.74. The fourth-order valence-electron chi connectivity index (χ4n) is 3.05. The number of amides is 1. The molecule has 1 amide bonds. The van der Waals surface area contributed by atoms with Crippen LogP contribution in [0.4, 0.5) is 8.78 Å². The van der Waals surface area contributed by atoms with Gasteiger partial charge in [-0.25, -0.2) is 17.2 Å². The average molecular weight is 395 g/mol. The van der Waals surface area contributed by atoms with Crippen LogP contribution in [0, 0.1) is 11.6 Å². The lowest BCUT2D eigenvalue weighted by Crippen LogP contribution is -2.37. The molecule has 1 fully saturated rings. The van der Waals surface area contributed by atoms with E-state index in [0.717, 1.165) is 0 Å². The summed E-state index contributed by atoms with van der Waals surface area (Å²) >= 11 is 0. The summed E-state index contributed by atoms with van der Waals surface area (Å²) < 4.78 is 57.4. The van der Waals surface area contributed by atoms with Crippen LogP contribution >= 0.6 is 0 Å². The van der Waals surface area contributed by atoms with Gasteiger partial charge < -0.3 is 9.64 Å². The number of carbonyl (C=O) groups excluding carboxylic acids is 1. The summed E-state index contributed by atoms with van der Waals surface area (Å²) in [6, 6.07) is 11.0. The SMILES string of the molecule is O=C(COc1ccc(F)cc1)N1CC[C@@H](c2ccccc2F)S(=O)(=O)CC1. The minimum atomic E-state index is -3.59. The lowest BCUT2D eigenvalue weighted by Gasteiger charge is -2.20. The second-order valence-electron chi connectivity index (χ2n) is 6.29. The molecule has 0 radical (unpaired) electrons. The maximum Gasteiger partial charge on any atom is 0.260 e. The van der Waals surface area contributed by atoms with Gasteiger partial charge in [0.1, 0.15) is 17.4 Å². The predicted molar refractivity (Wildman–Crippen MR) is 96.0 cm³/mol. The first-order valence-electron chi connectivity index (χ1n) is 8.49. The molecular weight excluding hydrogens is 376 g/mol. The van der Waals surface area contributed by atoms with Crippen LogP contribution in [0.2, 0.25) is 0 Å². The second-order valence-corrected chi connectivity index (χ2v) is 8.59. The molecule has 0 spiro atoms. The van der Waals surface area contributed by atoms with Gasteiger partial charge in [0.15, 0.2) is 16.4 Å². The van der Waals surface area contributed by atoms with Crippen LogP contribution < -0.4 is 4.74 Å². The zero-order chi connectivity index (χ0) is 19.4. The lowest BCUT2D eigenvalue weighted by atomic mass is 10.1. The molecule has 0 aromatic heterocycles. The van der Waals surface area contributed by atoms with Crippen LogP contribution in [0.15, 0.2) is 48.5 Å². The predicted octanol–water partition coefficient (Wildman–Crippen LogP) is 2.73. The van der Waals surface area contributed by atoms with Gasteiger partial charge in [-0.05, 0) is 36.8 Å². The first-order chi connectivity index (χ1) is 12.9. The minimum Gasteiger partial charge on any atom is -0.484 e. The van der Waals surface area contributed by atoms with Crippen molar-refractivity contribution in [2.24, 2.45) is 0 Å². The highest BCUT2D eigenvalue weighted by Crippen LogP contribution is 2.31. The summed E-state index contributed by atoms with van der Waals surface area (Å²) in [5, 5.41) is -0.977. The molecule has 5 nitrogen and oxygen atoms in total. The molecule has 144 valence electrons. The van der Waals surface area contributed by atoms with E-state index in [1.54, 1.807) is 6.07 Å². The zero-order valence-corrected chi connectivity index (χ0v) is 15.3. The summed E-state index contributed by atoms with van der Waals surface area (Å²) in [7, 11) is -3.59. The van der Waals surface area contributed by atoms with Crippen LogP contribution in [0.5, 0.6) is 5.75 Å². The molecular formula is C19H19F2NO4S. The number of halogens is 2. The summed E-state index contributed by atoms with van der Waals surface area (Å²) in [6.45, 7) is -0.0707. The molecule has 1 saturated heterocycles. The number of sulfone groups is 1. The average Bonchev–Trinajstić information content (AvgIpc) is 2.80. The van der Waals surface area contributed by atoms with E-state index >= 15 is 0 Å². The molecule has 0 unspecified atom stereocenters. The third-order valence-electron chi connectivity index (χ3n) is 4.52. The number of hydrogen-bond acceptors (Lipinski definition) is 4. The van der Waals surface area contributed by atoms with E-state index in [9.17, 15) is 22.0 Å². The Hall–Kier alpha value is -2.48. The molecule has 1 aliphatic heterocycles. The van der Waals surface area contributed by atoms with E-state index in [-0.39, 0.29) is 43.3 Å². The highest BCUT2D eigenvalue weighted by atomic mass is 32.2. The van der Waals surface area contributed by atoms with Gasteiger partial charge in [-0.15, -0.1) is 0 Å². The van der Waals surface area contributed by atoms with Crippen molar-refractivity contribution in [3.8, 4) is 5.75 Å². The molecule has 27 heavy (non-hydrogen) atoms. The molecule has 0 bridgehead atoms. The molecule has 0 aliphatic carbocycles. The molecule has 0 N–H and O–H groups in total. The van der Waals surface area contributed by atoms with Crippen molar-refractivity contribution in [3.05, 3.63) is 65.7 Å². The fraction of sp³-hybridized carbons (Fsp3) is 0.316. The van der Waals surface area contributed by atoms with E-state index in [2.05, 4.69) is 0 Å². The van der Waals surface area contributed by atoms with Gasteiger partial charge in [0, 0.05) is 18.7 Å². The Morgan fingerprint density at radius 1 is 1.07 bits per heavy atom. The quantitative estimate of drug-likeness (QED) is 0.799. The Balaban J connectivity index is 1.67. The largest absolute Gasteiger partial charge is 0.484 e. The fourth-order valence-corrected chi connectivity index (χ4v) is 4.85. The molecule has 2 aromatic carbocycles. The van der Waals surface area contributed by atoms with E-state index in [1.165, 1.54) is 47.4 Å². The van der Waals surface area contributed by atoms with Crippen molar-refractivity contribution >= 4 is 15.7 Å². The standard InChI is InChI=1S/C19H19F2NO4S/c20-14-5-7-15(8-6-14)26-13-19(23)22-10-9-18(27(24,25)12-11-22)16-3-1-2-4-17(16)21/h1-8,18H,9-13H2/t18-/m0/s1. The number of benzene rings is 2. The van der Waals surface area contributed by atoms with E-state index in [0.29, 0.717) is 5.75 Å². The van der Waals surface area contributed by atoms with Gasteiger partial charge in [-0.2, -0.15) is 0 Å². The Labute approximate surface area is 156 Å². The summed E-state index contributed by atoms with van der Waals surface area (Å²) in [5.41, 5.74) is 0.134. The van der Waals surface area contributed by atoms with Crippen molar-refractivity contribution in [1.29, 1.82) is 0 Å². The van der Waals surface area contributed by atoms with Crippen LogP contribution in [0.3, 0.4) is 0 Å². The molecule has 2 aromatic rings. The second kappa shape index (κ2) is 8.04. The maximum atomic E-state index is 14.1. The van der Waals surface area contributed by atoms with E-state index < -0.39 is 26.7 Å². The van der Waals surface area contributed by atoms with Gasteiger partial charge in [0.25, 0.3) is 5.91 Å². The smallest absolute Gasteiger partial charge is 0.260 e. The van der Waals surface area contributed by atoms with E-state index in [4.69, 9.17) is 4.74 Å². The Morgan fingerprint density at radius 2 is 1.78 bits per heavy atom. The molecule has 3 rings (SSSR count). The molecule has 1 heterocycles. The van der Waals surface area contributed by atoms with Crippen LogP contribution in [-0.2, 0) is 14.6 Å². The van der Waals surface area contributed by atoms with Crippen molar-refractivity contribution in [2.75, 3.05) is 25.4 Å². The first kappa shape index (κ1) is 19.3. The van der Waals surface area contributed by atoms with Crippen molar-refractivity contribution in [3.63, 3.8) is 0 Å². The van der Waals surface area contributed by atoms with Gasteiger partial charge in [-0.3, -0.25) is 4.79 Å². The Bertz CT molecular complexity index is 916. The van der Waals surface area contributed by atoms with Gasteiger partial charge in [0.2, 0.25) is 0 Å². The molecule has 1 aliphatic rings.